The number of anilines is 2. The number of fused-ring (bicyclic) bond motifs is 1. The van der Waals surface area contributed by atoms with Gasteiger partial charge < -0.3 is 20.2 Å². The molecule has 3 N–H and O–H groups in total. The number of methoxy groups -OCH3 is 1. The molecule has 2 aromatic heterocycles. The van der Waals surface area contributed by atoms with Crippen LogP contribution in [-0.2, 0) is 10.9 Å². The van der Waals surface area contributed by atoms with Crippen LogP contribution in [0.3, 0.4) is 0 Å². The molecule has 0 unspecified atom stereocenters. The zero-order chi connectivity index (χ0) is 22.2. The van der Waals surface area contributed by atoms with E-state index in [1.807, 2.05) is 0 Å². The van der Waals surface area contributed by atoms with Crippen molar-refractivity contribution in [2.24, 2.45) is 0 Å². The van der Waals surface area contributed by atoms with E-state index < -0.39 is 29.4 Å². The Bertz CT molecular complexity index is 1190. The number of alkyl halides is 3. The van der Waals surface area contributed by atoms with Gasteiger partial charge in [-0.15, -0.1) is 0 Å². The number of nitrogen functional groups attached to an aromatic ring is 1. The number of hydrogen-bond acceptors (Lipinski definition) is 8. The number of halogens is 3. The van der Waals surface area contributed by atoms with Gasteiger partial charge in [0.2, 0.25) is 5.71 Å². The highest BCUT2D eigenvalue weighted by Gasteiger charge is 2.31. The molecule has 0 saturated heterocycles. The quantitative estimate of drug-likeness (QED) is 0.485. The number of aromatic nitrogens is 2. The Hall–Kier alpha value is -3.63. The highest BCUT2D eigenvalue weighted by molar-refractivity contribution is 5.95. The molecule has 8 nitrogen and oxygen atoms in total. The Labute approximate surface area is 167 Å². The van der Waals surface area contributed by atoms with Gasteiger partial charge in [0, 0.05) is 5.69 Å². The van der Waals surface area contributed by atoms with Gasteiger partial charge >= 0.3 is 17.8 Å². The van der Waals surface area contributed by atoms with Gasteiger partial charge in [-0.1, -0.05) is 0 Å². The largest absolute Gasteiger partial charge is 0.465 e. The molecule has 0 radical (unpaired) electrons. The fourth-order valence-corrected chi connectivity index (χ4v) is 2.85. The van der Waals surface area contributed by atoms with Gasteiger partial charge in [-0.2, -0.15) is 18.2 Å². The molecule has 3 rings (SSSR count). The molecule has 0 bridgehead atoms. The molecule has 0 fully saturated rings. The van der Waals surface area contributed by atoms with E-state index in [2.05, 4.69) is 20.0 Å². The lowest BCUT2D eigenvalue weighted by Gasteiger charge is -2.18. The first-order valence-electron chi connectivity index (χ1n) is 8.64. The van der Waals surface area contributed by atoms with E-state index in [9.17, 15) is 22.8 Å². The van der Waals surface area contributed by atoms with Gasteiger partial charge in [-0.05, 0) is 43.7 Å². The molecular weight excluding hydrogens is 405 g/mol. The molecule has 0 aliphatic heterocycles. The molecule has 0 amide bonds. The van der Waals surface area contributed by atoms with Crippen LogP contribution >= 0.6 is 0 Å². The Balaban J connectivity index is 2.08. The van der Waals surface area contributed by atoms with E-state index in [4.69, 9.17) is 10.2 Å². The lowest BCUT2D eigenvalue weighted by molar-refractivity contribution is -0.137. The molecule has 0 aliphatic rings. The second kappa shape index (κ2) is 7.65. The Morgan fingerprint density at radius 2 is 1.93 bits per heavy atom. The minimum absolute atomic E-state index is 0.0452. The maximum absolute atomic E-state index is 13.1. The normalized spacial score (nSPS) is 12.6. The first kappa shape index (κ1) is 21.1. The first-order chi connectivity index (χ1) is 14.0. The second-order valence-electron chi connectivity index (χ2n) is 6.53. The predicted molar refractivity (Wildman–Crippen MR) is 102 cm³/mol. The van der Waals surface area contributed by atoms with Crippen molar-refractivity contribution in [1.29, 1.82) is 0 Å². The molecule has 30 heavy (non-hydrogen) atoms. The number of carbonyl (C=O) groups is 1. The van der Waals surface area contributed by atoms with E-state index >= 15 is 0 Å². The summed E-state index contributed by atoms with van der Waals surface area (Å²) in [5.74, 6) is -0.500. The number of esters is 1. The highest BCUT2D eigenvalue weighted by Crippen LogP contribution is 2.33. The average molecular weight is 422 g/mol. The Kier molecular flexibility index (Phi) is 5.38. The van der Waals surface area contributed by atoms with E-state index in [1.165, 1.54) is 12.1 Å². The van der Waals surface area contributed by atoms with Crippen LogP contribution in [0.5, 0.6) is 0 Å². The van der Waals surface area contributed by atoms with Crippen molar-refractivity contribution < 1.29 is 27.1 Å². The van der Waals surface area contributed by atoms with Crippen molar-refractivity contribution in [2.45, 2.75) is 26.1 Å². The number of nitrogens with one attached hydrogen (secondary N) is 1. The average Bonchev–Trinajstić information content (AvgIpc) is 2.65. The number of nitrogens with two attached hydrogens (primary N) is 1. The van der Waals surface area contributed by atoms with Crippen molar-refractivity contribution in [3.05, 3.63) is 57.2 Å². The van der Waals surface area contributed by atoms with Gasteiger partial charge in [0.25, 0.3) is 0 Å². The van der Waals surface area contributed by atoms with E-state index in [-0.39, 0.29) is 39.6 Å². The maximum Gasteiger partial charge on any atom is 0.416 e. The van der Waals surface area contributed by atoms with Crippen molar-refractivity contribution >= 4 is 28.6 Å². The van der Waals surface area contributed by atoms with Crippen molar-refractivity contribution in [3.63, 3.8) is 0 Å². The topological polar surface area (TPSA) is 120 Å². The maximum atomic E-state index is 13.1. The van der Waals surface area contributed by atoms with Crippen LogP contribution in [-0.4, -0.2) is 23.0 Å². The van der Waals surface area contributed by atoms with Gasteiger partial charge in [0.05, 0.1) is 24.1 Å². The number of nitrogens with zero attached hydrogens (tertiary/aromatic N) is 2. The van der Waals surface area contributed by atoms with E-state index in [0.717, 1.165) is 19.2 Å². The molecular formula is C19H17F3N4O4. The highest BCUT2D eigenvalue weighted by atomic mass is 19.4. The summed E-state index contributed by atoms with van der Waals surface area (Å²) in [5, 5.41) is 3.15. The summed E-state index contributed by atoms with van der Waals surface area (Å²) >= 11 is 0. The Morgan fingerprint density at radius 3 is 2.57 bits per heavy atom. The number of carbonyl (C=O) groups excluding carboxylic acids is 1. The lowest BCUT2D eigenvalue weighted by atomic mass is 10.0. The summed E-state index contributed by atoms with van der Waals surface area (Å²) in [4.78, 5) is 32.1. The Morgan fingerprint density at radius 1 is 1.23 bits per heavy atom. The summed E-state index contributed by atoms with van der Waals surface area (Å²) in [6.07, 6.45) is -4.55. The molecule has 158 valence electrons. The van der Waals surface area contributed by atoms with Crippen molar-refractivity contribution in [3.8, 4) is 0 Å². The molecule has 0 spiro atoms. The zero-order valence-electron chi connectivity index (χ0n) is 16.1. The third kappa shape index (κ3) is 4.19. The third-order valence-corrected chi connectivity index (χ3v) is 4.28. The number of aryl methyl sites for hydroxylation is 1. The van der Waals surface area contributed by atoms with Crippen LogP contribution in [0, 0.1) is 6.92 Å². The summed E-state index contributed by atoms with van der Waals surface area (Å²) in [7, 11) is 1.11. The van der Waals surface area contributed by atoms with Gasteiger partial charge in [0.1, 0.15) is 17.2 Å². The minimum Gasteiger partial charge on any atom is -0.465 e. The van der Waals surface area contributed by atoms with Crippen LogP contribution < -0.4 is 16.7 Å². The predicted octanol–water partition coefficient (Wildman–Crippen LogP) is 3.45. The standard InChI is InChI=1S/C19H17F3N4O4/c1-8(10-4-11(19(20,21)22)6-12(23)5-10)24-15-13-7-14(17(27)29-3)18(28)30-16(13)26-9(2)25-15/h4-8H,23H2,1-3H3,(H,24,25,26)/t8-/m1/s1. The first-order valence-corrected chi connectivity index (χ1v) is 8.64. The molecule has 2 heterocycles. The van der Waals surface area contributed by atoms with Crippen LogP contribution in [0.15, 0.2) is 33.5 Å². The summed E-state index contributed by atoms with van der Waals surface area (Å²) in [6, 6.07) is 3.77. The van der Waals surface area contributed by atoms with Crippen molar-refractivity contribution in [2.75, 3.05) is 18.2 Å². The molecule has 11 heteroatoms. The fraction of sp³-hybridized carbons (Fsp3) is 0.263. The molecule has 0 saturated carbocycles. The van der Waals surface area contributed by atoms with Crippen LogP contribution in [0.25, 0.3) is 11.1 Å². The SMILES string of the molecule is COC(=O)c1cc2c(N[C@H](C)c3cc(N)cc(C(F)(F)F)c3)nc(C)nc2oc1=O. The van der Waals surface area contributed by atoms with E-state index in [1.54, 1.807) is 13.8 Å². The van der Waals surface area contributed by atoms with Crippen LogP contribution in [0.4, 0.5) is 24.7 Å². The number of ether oxygens (including phenoxy) is 1. The summed E-state index contributed by atoms with van der Waals surface area (Å²) in [5.41, 5.74) is 3.59. The minimum atomic E-state index is -4.55. The van der Waals surface area contributed by atoms with Crippen LogP contribution in [0.1, 0.15) is 40.3 Å². The monoisotopic (exact) mass is 422 g/mol. The van der Waals surface area contributed by atoms with Gasteiger partial charge in [-0.25, -0.2) is 14.6 Å². The van der Waals surface area contributed by atoms with Gasteiger partial charge in [0.15, 0.2) is 0 Å². The molecule has 1 atom stereocenters. The fourth-order valence-electron chi connectivity index (χ4n) is 2.85. The third-order valence-electron chi connectivity index (χ3n) is 4.28. The van der Waals surface area contributed by atoms with Crippen LogP contribution in [0.2, 0.25) is 0 Å². The summed E-state index contributed by atoms with van der Waals surface area (Å²) < 4.78 is 49.0. The van der Waals surface area contributed by atoms with Gasteiger partial charge in [-0.3, -0.25) is 0 Å². The smallest absolute Gasteiger partial charge is 0.416 e. The van der Waals surface area contributed by atoms with Crippen molar-refractivity contribution in [1.82, 2.24) is 9.97 Å². The second-order valence-corrected chi connectivity index (χ2v) is 6.53. The zero-order valence-corrected chi connectivity index (χ0v) is 16.1. The number of hydrogen-bond donors (Lipinski definition) is 2. The number of rotatable bonds is 4. The molecule has 3 aromatic rings. The molecule has 0 aliphatic carbocycles. The van der Waals surface area contributed by atoms with E-state index in [0.29, 0.717) is 0 Å². The summed E-state index contributed by atoms with van der Waals surface area (Å²) in [6.45, 7) is 3.16. The molecule has 1 aromatic carbocycles. The lowest BCUT2D eigenvalue weighted by Crippen LogP contribution is -2.17. The number of benzene rings is 1.